The van der Waals surface area contributed by atoms with Gasteiger partial charge in [0.1, 0.15) is 6.10 Å². The lowest BCUT2D eigenvalue weighted by Gasteiger charge is -2.13. The Labute approximate surface area is 134 Å². The molecular weight excluding hydrogens is 307 g/mol. The van der Waals surface area contributed by atoms with Gasteiger partial charge in [0.2, 0.25) is 0 Å². The molecule has 7 heteroatoms. The number of unbranched alkanes of at least 4 members (excludes halogenated alkanes) is 9. The first kappa shape index (κ1) is 22.0. The Morgan fingerprint density at radius 3 is 1.91 bits per heavy atom. The second-order valence-electron chi connectivity index (χ2n) is 5.62. The van der Waals surface area contributed by atoms with Gasteiger partial charge in [0.05, 0.1) is 19.8 Å². The van der Waals surface area contributed by atoms with Gasteiger partial charge in [-0.2, -0.15) is 0 Å². The molecule has 3 N–H and O–H groups in total. The van der Waals surface area contributed by atoms with E-state index in [9.17, 15) is 9.46 Å². The van der Waals surface area contributed by atoms with Crippen molar-refractivity contribution in [3.63, 3.8) is 0 Å². The van der Waals surface area contributed by atoms with Crippen molar-refractivity contribution in [2.45, 2.75) is 77.2 Å². The average Bonchev–Trinajstić information content (AvgIpc) is 2.50. The summed E-state index contributed by atoms with van der Waals surface area (Å²) in [4.78, 5) is 9.32. The van der Waals surface area contributed by atoms with Gasteiger partial charge in [0.25, 0.3) is 0 Å². The molecule has 0 aliphatic rings. The molecule has 2 atom stereocenters. The minimum Gasteiger partial charge on any atom is -0.394 e. The molecule has 0 aromatic rings. The molecular formula is C15H33O6P. The molecule has 0 aliphatic heterocycles. The molecule has 0 saturated heterocycles. The lowest BCUT2D eigenvalue weighted by Crippen LogP contribution is -2.18. The zero-order valence-corrected chi connectivity index (χ0v) is 14.7. The molecule has 134 valence electrons. The van der Waals surface area contributed by atoms with E-state index in [2.05, 4.69) is 11.4 Å². The van der Waals surface area contributed by atoms with E-state index in [4.69, 9.17) is 14.7 Å². The maximum atomic E-state index is 11.4. The first-order valence-electron chi connectivity index (χ1n) is 8.42. The maximum absolute atomic E-state index is 11.4. The van der Waals surface area contributed by atoms with E-state index in [1.807, 2.05) is 0 Å². The summed E-state index contributed by atoms with van der Waals surface area (Å²) in [5.74, 6) is 0. The van der Waals surface area contributed by atoms with Crippen LogP contribution in [-0.4, -0.2) is 41.0 Å². The van der Waals surface area contributed by atoms with Gasteiger partial charge >= 0.3 is 7.82 Å². The van der Waals surface area contributed by atoms with Crippen LogP contribution in [0.3, 0.4) is 0 Å². The number of aliphatic hydroxyl groups excluding tert-OH is 2. The van der Waals surface area contributed by atoms with Crippen molar-refractivity contribution in [3.05, 3.63) is 0 Å². The molecule has 6 nitrogen and oxygen atoms in total. The van der Waals surface area contributed by atoms with Crippen LogP contribution < -0.4 is 0 Å². The van der Waals surface area contributed by atoms with Crippen LogP contribution in [0.4, 0.5) is 0 Å². The first-order valence-corrected chi connectivity index (χ1v) is 9.92. The van der Waals surface area contributed by atoms with E-state index in [0.717, 1.165) is 12.8 Å². The quantitative estimate of drug-likeness (QED) is 0.294. The van der Waals surface area contributed by atoms with E-state index in [1.54, 1.807) is 0 Å². The molecule has 0 fully saturated rings. The SMILES string of the molecule is CCCCCCCCCCCCOP(=O)(O)OCC(O)CO. The van der Waals surface area contributed by atoms with Gasteiger partial charge in [-0.25, -0.2) is 4.57 Å². The van der Waals surface area contributed by atoms with Crippen molar-refractivity contribution >= 4 is 7.82 Å². The fourth-order valence-electron chi connectivity index (χ4n) is 2.04. The molecule has 0 amide bonds. The molecule has 0 aromatic heterocycles. The summed E-state index contributed by atoms with van der Waals surface area (Å²) >= 11 is 0. The summed E-state index contributed by atoms with van der Waals surface area (Å²) in [7, 11) is -4.11. The molecule has 0 aromatic carbocycles. The van der Waals surface area contributed by atoms with Gasteiger partial charge in [-0.05, 0) is 6.42 Å². The summed E-state index contributed by atoms with van der Waals surface area (Å²) in [5.41, 5.74) is 0. The van der Waals surface area contributed by atoms with E-state index >= 15 is 0 Å². The lowest BCUT2D eigenvalue weighted by atomic mass is 10.1. The van der Waals surface area contributed by atoms with Crippen molar-refractivity contribution in [2.75, 3.05) is 19.8 Å². The molecule has 0 radical (unpaired) electrons. The van der Waals surface area contributed by atoms with Gasteiger partial charge in [0, 0.05) is 0 Å². The number of rotatable bonds is 16. The highest BCUT2D eigenvalue weighted by Gasteiger charge is 2.22. The third-order valence-electron chi connectivity index (χ3n) is 3.39. The summed E-state index contributed by atoms with van der Waals surface area (Å²) in [6, 6.07) is 0. The average molecular weight is 340 g/mol. The Bertz CT molecular complexity index is 287. The van der Waals surface area contributed by atoms with Gasteiger partial charge in [-0.1, -0.05) is 64.7 Å². The van der Waals surface area contributed by atoms with E-state index < -0.39 is 27.1 Å². The molecule has 0 aliphatic carbocycles. The third-order valence-corrected chi connectivity index (χ3v) is 4.38. The number of phosphoric ester groups is 1. The van der Waals surface area contributed by atoms with Gasteiger partial charge in [-0.15, -0.1) is 0 Å². The summed E-state index contributed by atoms with van der Waals surface area (Å²) in [5, 5.41) is 17.6. The van der Waals surface area contributed by atoms with Gasteiger partial charge in [-0.3, -0.25) is 9.05 Å². The molecule has 0 bridgehead atoms. The normalized spacial score (nSPS) is 15.6. The standard InChI is InChI=1S/C15H33O6P/c1-2-3-4-5-6-7-8-9-10-11-12-20-22(18,19)21-14-15(17)13-16/h15-17H,2-14H2,1H3,(H,18,19). The Balaban J connectivity index is 3.35. The van der Waals surface area contributed by atoms with Crippen LogP contribution in [0.1, 0.15) is 71.1 Å². The van der Waals surface area contributed by atoms with Crippen LogP contribution in [-0.2, 0) is 13.6 Å². The molecule has 0 spiro atoms. The number of aliphatic hydroxyl groups is 2. The minimum absolute atomic E-state index is 0.166. The highest BCUT2D eigenvalue weighted by Crippen LogP contribution is 2.43. The van der Waals surface area contributed by atoms with Crippen molar-refractivity contribution in [2.24, 2.45) is 0 Å². The molecule has 22 heavy (non-hydrogen) atoms. The second kappa shape index (κ2) is 14.6. The molecule has 0 rings (SSSR count). The maximum Gasteiger partial charge on any atom is 0.472 e. The zero-order chi connectivity index (χ0) is 16.7. The monoisotopic (exact) mass is 340 g/mol. The van der Waals surface area contributed by atoms with Crippen LogP contribution in [0.2, 0.25) is 0 Å². The zero-order valence-electron chi connectivity index (χ0n) is 13.8. The summed E-state index contributed by atoms with van der Waals surface area (Å²) < 4.78 is 20.8. The van der Waals surface area contributed by atoms with Crippen LogP contribution >= 0.6 is 7.82 Å². The van der Waals surface area contributed by atoms with Crippen molar-refractivity contribution in [3.8, 4) is 0 Å². The fourth-order valence-corrected chi connectivity index (χ4v) is 2.83. The highest BCUT2D eigenvalue weighted by molar-refractivity contribution is 7.47. The molecule has 2 unspecified atom stereocenters. The molecule has 0 heterocycles. The van der Waals surface area contributed by atoms with Crippen molar-refractivity contribution in [1.82, 2.24) is 0 Å². The van der Waals surface area contributed by atoms with Crippen LogP contribution in [0.15, 0.2) is 0 Å². The second-order valence-corrected chi connectivity index (χ2v) is 7.07. The minimum atomic E-state index is -4.11. The van der Waals surface area contributed by atoms with Crippen molar-refractivity contribution in [1.29, 1.82) is 0 Å². The van der Waals surface area contributed by atoms with Crippen molar-refractivity contribution < 1.29 is 28.7 Å². The Hall–Kier alpha value is 0.0300. The Morgan fingerprint density at radius 2 is 1.41 bits per heavy atom. The number of phosphoric acid groups is 1. The Kier molecular flexibility index (Phi) is 14.6. The van der Waals surface area contributed by atoms with E-state index in [-0.39, 0.29) is 6.61 Å². The predicted octanol–water partition coefficient (Wildman–Crippen LogP) is 3.39. The van der Waals surface area contributed by atoms with Crippen LogP contribution in [0, 0.1) is 0 Å². The largest absolute Gasteiger partial charge is 0.472 e. The van der Waals surface area contributed by atoms with Crippen LogP contribution in [0.25, 0.3) is 0 Å². The Morgan fingerprint density at radius 1 is 0.909 bits per heavy atom. The highest BCUT2D eigenvalue weighted by atomic mass is 31.2. The van der Waals surface area contributed by atoms with Crippen LogP contribution in [0.5, 0.6) is 0 Å². The summed E-state index contributed by atoms with van der Waals surface area (Å²) in [6.07, 6.45) is 10.6. The topological polar surface area (TPSA) is 96.2 Å². The fraction of sp³-hybridized carbons (Fsp3) is 1.00. The number of hydrogen-bond acceptors (Lipinski definition) is 5. The van der Waals surface area contributed by atoms with Gasteiger partial charge < -0.3 is 15.1 Å². The van der Waals surface area contributed by atoms with E-state index in [0.29, 0.717) is 6.42 Å². The van der Waals surface area contributed by atoms with Gasteiger partial charge in [0.15, 0.2) is 0 Å². The smallest absolute Gasteiger partial charge is 0.394 e. The summed E-state index contributed by atoms with van der Waals surface area (Å²) in [6.45, 7) is 1.45. The predicted molar refractivity (Wildman–Crippen MR) is 86.7 cm³/mol. The van der Waals surface area contributed by atoms with E-state index in [1.165, 1.54) is 44.9 Å². The lowest BCUT2D eigenvalue weighted by molar-refractivity contribution is 0.0361. The molecule has 0 saturated carbocycles. The number of hydrogen-bond donors (Lipinski definition) is 3. The first-order chi connectivity index (χ1) is 10.5. The third kappa shape index (κ3) is 14.9.